The van der Waals surface area contributed by atoms with Crippen LogP contribution in [0.4, 0.5) is 5.82 Å². The molecule has 0 fully saturated rings. The predicted octanol–water partition coefficient (Wildman–Crippen LogP) is 1.08. The number of rotatable bonds is 3. The number of likely N-dealkylation sites (N-methyl/N-ethyl adjacent to an activating group) is 1. The van der Waals surface area contributed by atoms with E-state index in [0.29, 0.717) is 10.8 Å². The van der Waals surface area contributed by atoms with Gasteiger partial charge >= 0.3 is 0 Å². The van der Waals surface area contributed by atoms with Gasteiger partial charge in [-0.25, -0.2) is 4.98 Å². The number of hydrogen-bond donors (Lipinski definition) is 2. The fourth-order valence-corrected chi connectivity index (χ4v) is 1.13. The van der Waals surface area contributed by atoms with Crippen LogP contribution in [-0.2, 0) is 6.42 Å². The van der Waals surface area contributed by atoms with Crippen LogP contribution in [0.3, 0.4) is 0 Å². The summed E-state index contributed by atoms with van der Waals surface area (Å²) < 4.78 is 0. The maximum absolute atomic E-state index is 5.76. The number of aromatic nitrogens is 1. The zero-order valence-corrected chi connectivity index (χ0v) is 7.73. The Hall–Kier alpha value is -0.800. The lowest BCUT2D eigenvalue weighted by atomic mass is 10.2. The molecule has 0 aliphatic rings. The Balaban J connectivity index is 2.75. The molecule has 1 aromatic rings. The van der Waals surface area contributed by atoms with Crippen LogP contribution in [0.5, 0.6) is 0 Å². The van der Waals surface area contributed by atoms with E-state index in [0.717, 1.165) is 18.5 Å². The lowest BCUT2D eigenvalue weighted by molar-refractivity contribution is 0.791. The van der Waals surface area contributed by atoms with E-state index in [1.54, 1.807) is 6.20 Å². The van der Waals surface area contributed by atoms with E-state index in [9.17, 15) is 0 Å². The Labute approximate surface area is 76.9 Å². The van der Waals surface area contributed by atoms with Gasteiger partial charge in [-0.1, -0.05) is 11.6 Å². The maximum atomic E-state index is 5.76. The van der Waals surface area contributed by atoms with Crippen LogP contribution >= 0.6 is 11.6 Å². The molecule has 0 aliphatic heterocycles. The van der Waals surface area contributed by atoms with Gasteiger partial charge in [-0.15, -0.1) is 0 Å². The van der Waals surface area contributed by atoms with Gasteiger partial charge in [-0.3, -0.25) is 0 Å². The van der Waals surface area contributed by atoms with Crippen LogP contribution in [0.15, 0.2) is 12.3 Å². The second kappa shape index (κ2) is 4.28. The van der Waals surface area contributed by atoms with Crippen LogP contribution < -0.4 is 11.1 Å². The third kappa shape index (κ3) is 2.36. The summed E-state index contributed by atoms with van der Waals surface area (Å²) >= 11 is 5.76. The fourth-order valence-electron chi connectivity index (χ4n) is 0.952. The van der Waals surface area contributed by atoms with Gasteiger partial charge in [-0.05, 0) is 31.6 Å². The van der Waals surface area contributed by atoms with Crippen LogP contribution in [0, 0.1) is 0 Å². The van der Waals surface area contributed by atoms with Crippen molar-refractivity contribution in [3.05, 3.63) is 22.8 Å². The summed E-state index contributed by atoms with van der Waals surface area (Å²) in [5.41, 5.74) is 6.63. The molecule has 1 rings (SSSR count). The van der Waals surface area contributed by atoms with Gasteiger partial charge in [-0.2, -0.15) is 0 Å². The molecule has 0 aromatic carbocycles. The van der Waals surface area contributed by atoms with Gasteiger partial charge in [0.25, 0.3) is 0 Å². The van der Waals surface area contributed by atoms with Gasteiger partial charge < -0.3 is 11.1 Å². The Morgan fingerprint density at radius 2 is 2.42 bits per heavy atom. The third-order valence-electron chi connectivity index (χ3n) is 1.61. The van der Waals surface area contributed by atoms with Crippen molar-refractivity contribution in [2.45, 2.75) is 6.42 Å². The summed E-state index contributed by atoms with van der Waals surface area (Å²) in [6.45, 7) is 0.881. The molecule has 0 unspecified atom stereocenters. The highest BCUT2D eigenvalue weighted by Gasteiger charge is 2.00. The van der Waals surface area contributed by atoms with Crippen molar-refractivity contribution in [3.63, 3.8) is 0 Å². The van der Waals surface area contributed by atoms with Gasteiger partial charge in [0.2, 0.25) is 0 Å². The van der Waals surface area contributed by atoms with Crippen LogP contribution in [-0.4, -0.2) is 18.6 Å². The molecule has 0 saturated heterocycles. The number of nitrogens with one attached hydrogen (secondary N) is 1. The minimum atomic E-state index is 0.564. The molecule has 0 bridgehead atoms. The van der Waals surface area contributed by atoms with Crippen molar-refractivity contribution in [2.24, 2.45) is 0 Å². The number of nitrogens with two attached hydrogens (primary N) is 1. The Morgan fingerprint density at radius 1 is 1.67 bits per heavy atom. The highest BCUT2D eigenvalue weighted by atomic mass is 35.5. The number of hydrogen-bond acceptors (Lipinski definition) is 3. The highest BCUT2D eigenvalue weighted by molar-refractivity contribution is 6.30. The molecule has 3 nitrogen and oxygen atoms in total. The van der Waals surface area contributed by atoms with E-state index in [2.05, 4.69) is 10.3 Å². The molecule has 3 N–H and O–H groups in total. The van der Waals surface area contributed by atoms with Crippen LogP contribution in [0.25, 0.3) is 0 Å². The van der Waals surface area contributed by atoms with E-state index < -0.39 is 0 Å². The smallest absolute Gasteiger partial charge is 0.126 e. The van der Waals surface area contributed by atoms with Crippen LogP contribution in [0.2, 0.25) is 5.02 Å². The van der Waals surface area contributed by atoms with Crippen molar-refractivity contribution < 1.29 is 0 Å². The Kier molecular flexibility index (Phi) is 3.31. The largest absolute Gasteiger partial charge is 0.383 e. The van der Waals surface area contributed by atoms with Crippen molar-refractivity contribution >= 4 is 17.4 Å². The van der Waals surface area contributed by atoms with Gasteiger partial charge in [0.15, 0.2) is 0 Å². The molecule has 1 heterocycles. The quantitative estimate of drug-likeness (QED) is 0.741. The predicted molar refractivity (Wildman–Crippen MR) is 51.3 cm³/mol. The van der Waals surface area contributed by atoms with E-state index in [-0.39, 0.29) is 0 Å². The number of halogens is 1. The first kappa shape index (κ1) is 9.29. The zero-order valence-electron chi connectivity index (χ0n) is 6.97. The minimum Gasteiger partial charge on any atom is -0.383 e. The normalized spacial score (nSPS) is 10.2. The fraction of sp³-hybridized carbons (Fsp3) is 0.375. The molecular formula is C8H12ClN3. The number of pyridine rings is 1. The topological polar surface area (TPSA) is 50.9 Å². The minimum absolute atomic E-state index is 0.564. The molecule has 1 aromatic heterocycles. The van der Waals surface area contributed by atoms with Crippen molar-refractivity contribution in [2.75, 3.05) is 19.3 Å². The summed E-state index contributed by atoms with van der Waals surface area (Å²) in [4.78, 5) is 3.95. The summed E-state index contributed by atoms with van der Waals surface area (Å²) in [7, 11) is 1.90. The first-order chi connectivity index (χ1) is 5.74. The third-order valence-corrected chi connectivity index (χ3v) is 1.82. The molecule has 0 radical (unpaired) electrons. The molecular weight excluding hydrogens is 174 g/mol. The molecule has 0 aliphatic carbocycles. The number of nitrogen functional groups attached to an aromatic ring is 1. The molecule has 66 valence electrons. The molecule has 0 atom stereocenters. The Morgan fingerprint density at radius 3 is 3.08 bits per heavy atom. The molecule has 0 spiro atoms. The van der Waals surface area contributed by atoms with Crippen molar-refractivity contribution in [1.82, 2.24) is 10.3 Å². The second-order valence-electron chi connectivity index (χ2n) is 2.55. The summed E-state index contributed by atoms with van der Waals surface area (Å²) in [5.74, 6) is 0.564. The van der Waals surface area contributed by atoms with E-state index in [1.807, 2.05) is 13.1 Å². The molecule has 0 amide bonds. The monoisotopic (exact) mass is 185 g/mol. The summed E-state index contributed by atoms with van der Waals surface area (Å²) in [5, 5.41) is 3.67. The first-order valence-electron chi connectivity index (χ1n) is 3.78. The zero-order chi connectivity index (χ0) is 8.97. The highest BCUT2D eigenvalue weighted by Crippen LogP contribution is 2.14. The average Bonchev–Trinajstić information content (AvgIpc) is 2.07. The lowest BCUT2D eigenvalue weighted by Crippen LogP contribution is -2.11. The van der Waals surface area contributed by atoms with Gasteiger partial charge in [0.1, 0.15) is 5.82 Å². The number of nitrogens with zero attached hydrogens (tertiary/aromatic N) is 1. The lowest BCUT2D eigenvalue weighted by Gasteiger charge is -2.03. The van der Waals surface area contributed by atoms with Crippen molar-refractivity contribution in [3.8, 4) is 0 Å². The molecule has 4 heteroatoms. The SMILES string of the molecule is CNCCc1cc(Cl)cnc1N. The van der Waals surface area contributed by atoms with E-state index in [1.165, 1.54) is 0 Å². The summed E-state index contributed by atoms with van der Waals surface area (Å²) in [6, 6.07) is 1.85. The Bertz CT molecular complexity index is 262. The standard InChI is InChI=1S/C8H12ClN3/c1-11-3-2-6-4-7(9)5-12-8(6)10/h4-5,11H,2-3H2,1H3,(H2,10,12). The first-order valence-corrected chi connectivity index (χ1v) is 4.16. The second-order valence-corrected chi connectivity index (χ2v) is 2.99. The maximum Gasteiger partial charge on any atom is 0.126 e. The average molecular weight is 186 g/mol. The molecule has 12 heavy (non-hydrogen) atoms. The van der Waals surface area contributed by atoms with Crippen molar-refractivity contribution in [1.29, 1.82) is 0 Å². The van der Waals surface area contributed by atoms with Gasteiger partial charge in [0.05, 0.1) is 5.02 Å². The molecule has 0 saturated carbocycles. The number of anilines is 1. The summed E-state index contributed by atoms with van der Waals surface area (Å²) in [6.07, 6.45) is 2.41. The van der Waals surface area contributed by atoms with E-state index >= 15 is 0 Å². The van der Waals surface area contributed by atoms with Gasteiger partial charge in [0, 0.05) is 6.20 Å². The van der Waals surface area contributed by atoms with E-state index in [4.69, 9.17) is 17.3 Å². The van der Waals surface area contributed by atoms with Crippen LogP contribution in [0.1, 0.15) is 5.56 Å².